The van der Waals surface area contributed by atoms with Gasteiger partial charge in [-0.05, 0) is 25.1 Å². The predicted molar refractivity (Wildman–Crippen MR) is 50.4 cm³/mol. The molecule has 0 radical (unpaired) electrons. The topological polar surface area (TPSA) is 67.5 Å². The van der Waals surface area contributed by atoms with Crippen LogP contribution in [0.5, 0.6) is 11.5 Å². The van der Waals surface area contributed by atoms with Crippen LogP contribution in [0, 0.1) is 0 Å². The van der Waals surface area contributed by atoms with E-state index < -0.39 is 0 Å². The molecule has 1 aromatic carbocycles. The Kier molecular flexibility index (Phi) is 3.11. The van der Waals surface area contributed by atoms with Crippen LogP contribution >= 0.6 is 0 Å². The molecule has 0 fully saturated rings. The summed E-state index contributed by atoms with van der Waals surface area (Å²) in [5.74, 6) is 6.18. The maximum absolute atomic E-state index is 9.48. The summed E-state index contributed by atoms with van der Waals surface area (Å²) in [4.78, 5) is 0. The fraction of sp³-hybridized carbons (Fsp3) is 0.333. The van der Waals surface area contributed by atoms with Crippen molar-refractivity contribution in [1.29, 1.82) is 0 Å². The first-order valence-electron chi connectivity index (χ1n) is 4.02. The molecule has 1 rings (SSSR count). The highest BCUT2D eigenvalue weighted by Crippen LogP contribution is 2.27. The first-order valence-corrected chi connectivity index (χ1v) is 4.02. The van der Waals surface area contributed by atoms with Crippen LogP contribution in [0.1, 0.15) is 18.5 Å². The number of nitrogens with two attached hydrogens (primary N) is 1. The van der Waals surface area contributed by atoms with Gasteiger partial charge in [-0.2, -0.15) is 0 Å². The van der Waals surface area contributed by atoms with Gasteiger partial charge < -0.3 is 9.84 Å². The summed E-state index contributed by atoms with van der Waals surface area (Å²) in [6.07, 6.45) is 0. The highest BCUT2D eigenvalue weighted by Gasteiger charge is 2.09. The second-order valence-corrected chi connectivity index (χ2v) is 2.81. The SMILES string of the molecule is COc1ccc(O)c([C@H](C)NN)c1. The molecule has 0 bridgehead atoms. The summed E-state index contributed by atoms with van der Waals surface area (Å²) in [5, 5.41) is 9.48. The molecule has 4 nitrogen and oxygen atoms in total. The molecule has 0 aliphatic heterocycles. The monoisotopic (exact) mass is 182 g/mol. The molecule has 0 amide bonds. The van der Waals surface area contributed by atoms with E-state index >= 15 is 0 Å². The lowest BCUT2D eigenvalue weighted by Gasteiger charge is -2.13. The van der Waals surface area contributed by atoms with Gasteiger partial charge in [-0.25, -0.2) is 0 Å². The normalized spacial score (nSPS) is 12.5. The minimum absolute atomic E-state index is 0.102. The van der Waals surface area contributed by atoms with Gasteiger partial charge >= 0.3 is 0 Å². The van der Waals surface area contributed by atoms with Crippen LogP contribution < -0.4 is 16.0 Å². The number of hydrogen-bond acceptors (Lipinski definition) is 4. The largest absolute Gasteiger partial charge is 0.508 e. The molecule has 0 saturated heterocycles. The van der Waals surface area contributed by atoms with Crippen molar-refractivity contribution < 1.29 is 9.84 Å². The third-order valence-electron chi connectivity index (χ3n) is 1.95. The number of aromatic hydroxyl groups is 1. The first-order chi connectivity index (χ1) is 6.19. The van der Waals surface area contributed by atoms with Gasteiger partial charge in [0.2, 0.25) is 0 Å². The molecule has 1 atom stereocenters. The smallest absolute Gasteiger partial charge is 0.120 e. The van der Waals surface area contributed by atoms with Gasteiger partial charge in [-0.1, -0.05) is 0 Å². The molecular formula is C9H14N2O2. The van der Waals surface area contributed by atoms with Crippen LogP contribution in [0.3, 0.4) is 0 Å². The Morgan fingerprint density at radius 1 is 1.54 bits per heavy atom. The predicted octanol–water partition coefficient (Wildman–Crippen LogP) is 0.925. The minimum Gasteiger partial charge on any atom is -0.508 e. The van der Waals surface area contributed by atoms with E-state index in [0.29, 0.717) is 5.75 Å². The van der Waals surface area contributed by atoms with Crippen molar-refractivity contribution in [2.24, 2.45) is 5.84 Å². The fourth-order valence-corrected chi connectivity index (χ4v) is 1.10. The minimum atomic E-state index is -0.102. The Morgan fingerprint density at radius 2 is 2.23 bits per heavy atom. The van der Waals surface area contributed by atoms with Crippen molar-refractivity contribution in [2.45, 2.75) is 13.0 Å². The van der Waals surface area contributed by atoms with Crippen molar-refractivity contribution in [2.75, 3.05) is 7.11 Å². The second kappa shape index (κ2) is 4.11. The Hall–Kier alpha value is -1.26. The molecule has 13 heavy (non-hydrogen) atoms. The average molecular weight is 182 g/mol. The maximum Gasteiger partial charge on any atom is 0.120 e. The van der Waals surface area contributed by atoms with Gasteiger partial charge in [0, 0.05) is 11.6 Å². The summed E-state index contributed by atoms with van der Waals surface area (Å²) in [5.41, 5.74) is 3.28. The van der Waals surface area contributed by atoms with Crippen molar-refractivity contribution >= 4 is 0 Å². The first kappa shape index (κ1) is 9.83. The maximum atomic E-state index is 9.48. The standard InChI is InChI=1S/C9H14N2O2/c1-6(11-10)8-5-7(13-2)3-4-9(8)12/h3-6,11-12H,10H2,1-2H3/t6-/m0/s1. The molecular weight excluding hydrogens is 168 g/mol. The van der Waals surface area contributed by atoms with E-state index in [2.05, 4.69) is 5.43 Å². The number of rotatable bonds is 3. The van der Waals surface area contributed by atoms with E-state index in [1.807, 2.05) is 6.92 Å². The molecule has 0 aromatic heterocycles. The van der Waals surface area contributed by atoms with Gasteiger partial charge in [-0.3, -0.25) is 11.3 Å². The second-order valence-electron chi connectivity index (χ2n) is 2.81. The molecule has 0 unspecified atom stereocenters. The number of hydrazine groups is 1. The lowest BCUT2D eigenvalue weighted by molar-refractivity contribution is 0.408. The van der Waals surface area contributed by atoms with E-state index in [4.69, 9.17) is 10.6 Å². The number of ether oxygens (including phenoxy) is 1. The molecule has 0 heterocycles. The average Bonchev–Trinajstić information content (AvgIpc) is 2.17. The molecule has 4 heteroatoms. The van der Waals surface area contributed by atoms with Crippen molar-refractivity contribution in [3.63, 3.8) is 0 Å². The number of methoxy groups -OCH3 is 1. The molecule has 0 aliphatic rings. The van der Waals surface area contributed by atoms with E-state index in [0.717, 1.165) is 5.56 Å². The molecule has 1 aromatic rings. The number of phenolic OH excluding ortho intramolecular Hbond substituents is 1. The van der Waals surface area contributed by atoms with E-state index in [9.17, 15) is 5.11 Å². The third kappa shape index (κ3) is 2.11. The van der Waals surface area contributed by atoms with Gasteiger partial charge in [0.05, 0.1) is 7.11 Å². The van der Waals surface area contributed by atoms with Crippen LogP contribution in [0.25, 0.3) is 0 Å². The van der Waals surface area contributed by atoms with Crippen LogP contribution in [0.15, 0.2) is 18.2 Å². The molecule has 0 spiro atoms. The van der Waals surface area contributed by atoms with Crippen molar-refractivity contribution in [3.05, 3.63) is 23.8 Å². The third-order valence-corrected chi connectivity index (χ3v) is 1.95. The van der Waals surface area contributed by atoms with Crippen LogP contribution in [-0.4, -0.2) is 12.2 Å². The Morgan fingerprint density at radius 3 is 2.77 bits per heavy atom. The Balaban J connectivity index is 3.03. The number of phenols is 1. The van der Waals surface area contributed by atoms with E-state index in [1.54, 1.807) is 25.3 Å². The van der Waals surface area contributed by atoms with Gasteiger partial charge in [-0.15, -0.1) is 0 Å². The molecule has 4 N–H and O–H groups in total. The van der Waals surface area contributed by atoms with Crippen LogP contribution in [-0.2, 0) is 0 Å². The lowest BCUT2D eigenvalue weighted by Crippen LogP contribution is -2.25. The molecule has 0 saturated carbocycles. The lowest BCUT2D eigenvalue weighted by atomic mass is 10.1. The summed E-state index contributed by atoms with van der Waals surface area (Å²) < 4.78 is 5.02. The van der Waals surface area contributed by atoms with Gasteiger partial charge in [0.25, 0.3) is 0 Å². The zero-order valence-corrected chi connectivity index (χ0v) is 7.74. The van der Waals surface area contributed by atoms with Crippen molar-refractivity contribution in [1.82, 2.24) is 5.43 Å². The van der Waals surface area contributed by atoms with Crippen LogP contribution in [0.2, 0.25) is 0 Å². The van der Waals surface area contributed by atoms with Gasteiger partial charge in [0.1, 0.15) is 11.5 Å². The van der Waals surface area contributed by atoms with E-state index in [-0.39, 0.29) is 11.8 Å². The fourth-order valence-electron chi connectivity index (χ4n) is 1.10. The number of benzene rings is 1. The summed E-state index contributed by atoms with van der Waals surface area (Å²) in [6, 6.07) is 4.93. The molecule has 72 valence electrons. The summed E-state index contributed by atoms with van der Waals surface area (Å²) >= 11 is 0. The quantitative estimate of drug-likeness (QED) is 0.480. The highest BCUT2D eigenvalue weighted by molar-refractivity contribution is 5.40. The number of nitrogens with one attached hydrogen (secondary N) is 1. The van der Waals surface area contributed by atoms with E-state index in [1.165, 1.54) is 0 Å². The van der Waals surface area contributed by atoms with Gasteiger partial charge in [0.15, 0.2) is 0 Å². The Bertz CT molecular complexity index is 289. The number of hydrogen-bond donors (Lipinski definition) is 3. The zero-order valence-electron chi connectivity index (χ0n) is 7.74. The van der Waals surface area contributed by atoms with Crippen molar-refractivity contribution in [3.8, 4) is 11.5 Å². The summed E-state index contributed by atoms with van der Waals surface area (Å²) in [6.45, 7) is 1.86. The highest BCUT2D eigenvalue weighted by atomic mass is 16.5. The Labute approximate surface area is 77.3 Å². The zero-order chi connectivity index (χ0) is 9.84. The summed E-state index contributed by atoms with van der Waals surface area (Å²) in [7, 11) is 1.58. The van der Waals surface area contributed by atoms with Crippen LogP contribution in [0.4, 0.5) is 0 Å². The molecule has 0 aliphatic carbocycles.